The molecule has 0 aliphatic carbocycles. The summed E-state index contributed by atoms with van der Waals surface area (Å²) in [5.41, 5.74) is 5.95. The van der Waals surface area contributed by atoms with E-state index in [1.807, 2.05) is 0 Å². The topological polar surface area (TPSA) is 148 Å². The number of ether oxygens (including phenoxy) is 1. The average Bonchev–Trinajstić information content (AvgIpc) is 2.92. The molecule has 0 aliphatic rings. The lowest BCUT2D eigenvalue weighted by Gasteiger charge is -2.18. The predicted octanol–water partition coefficient (Wildman–Crippen LogP) is 5.12. The summed E-state index contributed by atoms with van der Waals surface area (Å²) in [6, 6.07) is 21.4. The average molecular weight is 600 g/mol. The Balaban J connectivity index is 1.52. The van der Waals surface area contributed by atoms with E-state index in [1.165, 1.54) is 54.6 Å². The minimum absolute atomic E-state index is 0.0435. The molecule has 0 fully saturated rings. The minimum atomic E-state index is -4.15. The highest BCUT2D eigenvalue weighted by Gasteiger charge is 2.24. The maximum absolute atomic E-state index is 13.2. The molecule has 4 aromatic carbocycles. The molecule has 0 heterocycles. The number of para-hydroxylation sites is 1. The van der Waals surface area contributed by atoms with Crippen LogP contribution in [0.1, 0.15) is 15.9 Å². The van der Waals surface area contributed by atoms with E-state index in [-0.39, 0.29) is 33.3 Å². The van der Waals surface area contributed by atoms with Gasteiger partial charge in [-0.05, 0) is 72.3 Å². The number of carbonyl (C=O) groups is 2. The smallest absolute Gasteiger partial charge is 0.261 e. The van der Waals surface area contributed by atoms with Crippen molar-refractivity contribution in [1.29, 1.82) is 0 Å². The number of halogens is 2. The van der Waals surface area contributed by atoms with Gasteiger partial charge in [0.2, 0.25) is 5.91 Å². The number of primary amides is 1. The van der Waals surface area contributed by atoms with Crippen LogP contribution in [0.25, 0.3) is 0 Å². The lowest BCUT2D eigenvalue weighted by Crippen LogP contribution is -2.46. The summed E-state index contributed by atoms with van der Waals surface area (Å²) in [6.07, 6.45) is 0.0472. The quantitative estimate of drug-likeness (QED) is 0.199. The number of rotatable bonds is 10. The molecular weight excluding hydrogens is 577 g/mol. The highest BCUT2D eigenvalue weighted by atomic mass is 35.5. The van der Waals surface area contributed by atoms with Crippen molar-refractivity contribution in [3.63, 3.8) is 0 Å². The van der Waals surface area contributed by atoms with E-state index < -0.39 is 27.9 Å². The number of anilines is 1. The van der Waals surface area contributed by atoms with E-state index in [0.29, 0.717) is 22.1 Å². The normalized spacial score (nSPS) is 11.8. The molecule has 9 nitrogen and oxygen atoms in total. The molecule has 0 radical (unpaired) electrons. The maximum Gasteiger partial charge on any atom is 0.261 e. The van der Waals surface area contributed by atoms with Crippen molar-refractivity contribution in [2.75, 3.05) is 4.72 Å². The van der Waals surface area contributed by atoms with Gasteiger partial charge in [0.05, 0.1) is 21.2 Å². The molecule has 4 aromatic rings. The molecule has 1 atom stereocenters. The summed E-state index contributed by atoms with van der Waals surface area (Å²) in [5, 5.41) is 12.6. The Kier molecular flexibility index (Phi) is 8.83. The zero-order valence-corrected chi connectivity index (χ0v) is 23.0. The zero-order valence-electron chi connectivity index (χ0n) is 20.7. The molecule has 0 saturated carbocycles. The predicted molar refractivity (Wildman–Crippen MR) is 152 cm³/mol. The summed E-state index contributed by atoms with van der Waals surface area (Å²) in [5.74, 6) is -0.753. The fourth-order valence-corrected chi connectivity index (χ4v) is 5.09. The largest absolute Gasteiger partial charge is 0.508 e. The molecule has 5 N–H and O–H groups in total. The summed E-state index contributed by atoms with van der Waals surface area (Å²) in [6.45, 7) is 0. The first-order valence-corrected chi connectivity index (χ1v) is 14.0. The molecular formula is C28H23Cl2N3O6S. The van der Waals surface area contributed by atoms with Gasteiger partial charge in [-0.3, -0.25) is 14.3 Å². The molecule has 4 rings (SSSR count). The summed E-state index contributed by atoms with van der Waals surface area (Å²) < 4.78 is 34.4. The van der Waals surface area contributed by atoms with E-state index in [1.54, 1.807) is 36.4 Å². The van der Waals surface area contributed by atoms with Crippen molar-refractivity contribution in [2.24, 2.45) is 5.73 Å². The Bertz CT molecular complexity index is 1650. The van der Waals surface area contributed by atoms with Crippen LogP contribution in [0.3, 0.4) is 0 Å². The molecule has 0 spiro atoms. The SMILES string of the molecule is NC(=O)[C@H](Cc1ccc(O)cc1)NC(=O)c1cc(Cl)ccc1NS(=O)(=O)c1ccc(Oc2ccccc2Cl)cc1. The summed E-state index contributed by atoms with van der Waals surface area (Å²) >= 11 is 12.2. The highest BCUT2D eigenvalue weighted by molar-refractivity contribution is 7.92. The van der Waals surface area contributed by atoms with Crippen LogP contribution in [0.15, 0.2) is 95.9 Å². The molecule has 0 bridgehead atoms. The fraction of sp³-hybridized carbons (Fsp3) is 0.0714. The van der Waals surface area contributed by atoms with Gasteiger partial charge >= 0.3 is 0 Å². The van der Waals surface area contributed by atoms with Crippen LogP contribution in [-0.4, -0.2) is 31.4 Å². The molecule has 206 valence electrons. The van der Waals surface area contributed by atoms with Gasteiger partial charge in [-0.2, -0.15) is 0 Å². The van der Waals surface area contributed by atoms with Crippen LogP contribution in [-0.2, 0) is 21.2 Å². The number of carbonyl (C=O) groups excluding carboxylic acids is 2. The number of amides is 2. The van der Waals surface area contributed by atoms with Gasteiger partial charge < -0.3 is 20.9 Å². The molecule has 40 heavy (non-hydrogen) atoms. The van der Waals surface area contributed by atoms with Crippen LogP contribution < -0.4 is 20.5 Å². The number of phenolic OH excluding ortho intramolecular Hbond substituents is 1. The van der Waals surface area contributed by atoms with Crippen LogP contribution in [0.5, 0.6) is 17.2 Å². The minimum Gasteiger partial charge on any atom is -0.508 e. The van der Waals surface area contributed by atoms with Crippen molar-refractivity contribution < 1.29 is 27.9 Å². The number of sulfonamides is 1. The first kappa shape index (κ1) is 28.8. The second-order valence-corrected chi connectivity index (χ2v) is 11.1. The third-order valence-corrected chi connectivity index (χ3v) is 7.62. The molecule has 0 saturated heterocycles. The van der Waals surface area contributed by atoms with E-state index >= 15 is 0 Å². The monoisotopic (exact) mass is 599 g/mol. The van der Waals surface area contributed by atoms with E-state index in [2.05, 4.69) is 10.0 Å². The van der Waals surface area contributed by atoms with E-state index in [4.69, 9.17) is 33.7 Å². The number of aromatic hydroxyl groups is 1. The summed E-state index contributed by atoms with van der Waals surface area (Å²) in [4.78, 5) is 25.1. The number of hydrogen-bond donors (Lipinski definition) is 4. The lowest BCUT2D eigenvalue weighted by atomic mass is 10.0. The molecule has 2 amide bonds. The highest BCUT2D eigenvalue weighted by Crippen LogP contribution is 2.30. The maximum atomic E-state index is 13.2. The molecule has 0 aliphatic heterocycles. The van der Waals surface area contributed by atoms with Gasteiger partial charge in [0.25, 0.3) is 15.9 Å². The number of hydrogen-bond acceptors (Lipinski definition) is 6. The van der Waals surface area contributed by atoms with Crippen molar-refractivity contribution in [2.45, 2.75) is 17.4 Å². The number of nitrogens with two attached hydrogens (primary N) is 1. The Hall–Kier alpha value is -4.25. The van der Waals surface area contributed by atoms with Gasteiger partial charge in [0, 0.05) is 11.4 Å². The zero-order chi connectivity index (χ0) is 28.9. The molecule has 0 aromatic heterocycles. The van der Waals surface area contributed by atoms with Gasteiger partial charge in [0.15, 0.2) is 0 Å². The third kappa shape index (κ3) is 7.23. The van der Waals surface area contributed by atoms with Gasteiger partial charge in [0.1, 0.15) is 23.3 Å². The second kappa shape index (κ2) is 12.3. The van der Waals surface area contributed by atoms with Crippen LogP contribution in [0.2, 0.25) is 10.0 Å². The number of phenols is 1. The van der Waals surface area contributed by atoms with Crippen molar-refractivity contribution in [3.8, 4) is 17.2 Å². The number of benzene rings is 4. The van der Waals surface area contributed by atoms with Crippen LogP contribution >= 0.6 is 23.2 Å². The molecule has 12 heteroatoms. The van der Waals surface area contributed by atoms with Crippen molar-refractivity contribution in [3.05, 3.63) is 112 Å². The third-order valence-electron chi connectivity index (χ3n) is 5.69. The van der Waals surface area contributed by atoms with Gasteiger partial charge in [-0.15, -0.1) is 0 Å². The van der Waals surface area contributed by atoms with Crippen LogP contribution in [0, 0.1) is 0 Å². The van der Waals surface area contributed by atoms with Gasteiger partial charge in [-0.1, -0.05) is 47.5 Å². The van der Waals surface area contributed by atoms with E-state index in [0.717, 1.165) is 0 Å². The fourth-order valence-electron chi connectivity index (χ4n) is 3.66. The van der Waals surface area contributed by atoms with Crippen LogP contribution in [0.4, 0.5) is 5.69 Å². The van der Waals surface area contributed by atoms with Crippen molar-refractivity contribution in [1.82, 2.24) is 5.32 Å². The Morgan fingerprint density at radius 3 is 2.25 bits per heavy atom. The lowest BCUT2D eigenvalue weighted by molar-refractivity contribution is -0.119. The Morgan fingerprint density at radius 1 is 0.925 bits per heavy atom. The van der Waals surface area contributed by atoms with Gasteiger partial charge in [-0.25, -0.2) is 8.42 Å². The van der Waals surface area contributed by atoms with Crippen molar-refractivity contribution >= 4 is 50.7 Å². The Labute approximate surface area is 240 Å². The standard InChI is InChI=1S/C28H23Cl2N3O6S/c29-18-7-14-24(22(16-18)28(36)32-25(27(31)35)15-17-5-8-19(34)9-6-17)33-40(37,38)21-12-10-20(11-13-21)39-26-4-2-1-3-23(26)30/h1-14,16,25,33-34H,15H2,(H2,31,35)(H,32,36)/t25-/m0/s1. The Morgan fingerprint density at radius 2 is 1.60 bits per heavy atom. The first-order valence-electron chi connectivity index (χ1n) is 11.7. The number of nitrogens with one attached hydrogen (secondary N) is 2. The molecule has 0 unspecified atom stereocenters. The first-order chi connectivity index (χ1) is 19.0. The van der Waals surface area contributed by atoms with E-state index in [9.17, 15) is 23.1 Å². The second-order valence-electron chi connectivity index (χ2n) is 8.60. The summed E-state index contributed by atoms with van der Waals surface area (Å²) in [7, 11) is -4.15.